The summed E-state index contributed by atoms with van der Waals surface area (Å²) >= 11 is 0. The molecule has 0 atom stereocenters. The van der Waals surface area contributed by atoms with Gasteiger partial charge in [-0.15, -0.1) is 0 Å². The van der Waals surface area contributed by atoms with Gasteiger partial charge in [-0.05, 0) is 0 Å². The monoisotopic (exact) mass is 371 g/mol. The molecule has 24 valence electrons. The minimum Gasteiger partial charge on any atom is -2.00 e. The van der Waals surface area contributed by atoms with Crippen LogP contribution >= 0.6 is 0 Å². The molecule has 0 rings (SSSR count). The van der Waals surface area contributed by atoms with Crippen LogP contribution < -0.4 is 0 Å². The molecule has 0 aliphatic heterocycles. The van der Waals surface area contributed by atoms with E-state index in [1.807, 2.05) is 0 Å². The number of hydrogen-bond donors (Lipinski definition) is 0. The smallest absolute Gasteiger partial charge is 2.00 e. The van der Waals surface area contributed by atoms with Crippen molar-refractivity contribution in [3.05, 3.63) is 0 Å². The van der Waals surface area contributed by atoms with E-state index in [4.69, 9.17) is 0 Å². The Morgan fingerprint density at radius 2 is 1.00 bits per heavy atom. The minimum absolute atomic E-state index is 0. The van der Waals surface area contributed by atoms with Crippen molar-refractivity contribution in [3.63, 3.8) is 0 Å². The van der Waals surface area contributed by atoms with Gasteiger partial charge in [0.25, 0.3) is 0 Å². The second kappa shape index (κ2) is 25.0. The summed E-state index contributed by atoms with van der Waals surface area (Å²) in [5.41, 5.74) is 0. The molecule has 2 radical (unpaired) electrons. The van der Waals surface area contributed by atoms with Crippen LogP contribution in [0.15, 0.2) is 0 Å². The summed E-state index contributed by atoms with van der Waals surface area (Å²) in [5.74, 6) is 0. The van der Waals surface area contributed by atoms with Crippen molar-refractivity contribution in [2.45, 2.75) is 0 Å². The predicted octanol–water partition coefficient (Wildman–Crippen LogP) is -0.505. The van der Waals surface area contributed by atoms with E-state index in [1.54, 1.807) is 0 Å². The maximum absolute atomic E-state index is 0. The van der Waals surface area contributed by atoms with Crippen molar-refractivity contribution in [1.82, 2.24) is 0 Å². The standard InChI is InChI=1S/Co.Fe.O.Sm.Sr/q2*+2;-2;+3;+2. The van der Waals surface area contributed by atoms with Crippen LogP contribution in [0.25, 0.3) is 0 Å². The van der Waals surface area contributed by atoms with E-state index in [9.17, 15) is 0 Å². The van der Waals surface area contributed by atoms with E-state index in [1.165, 1.54) is 0 Å². The summed E-state index contributed by atoms with van der Waals surface area (Å²) in [6, 6.07) is 0. The molecule has 0 spiro atoms. The Balaban J connectivity index is 0. The van der Waals surface area contributed by atoms with Gasteiger partial charge in [-0.3, -0.25) is 0 Å². The Morgan fingerprint density at radius 1 is 1.00 bits per heavy atom. The quantitative estimate of drug-likeness (QED) is 0.516. The molecule has 0 saturated carbocycles. The van der Waals surface area contributed by atoms with Gasteiger partial charge in [0.05, 0.1) is 0 Å². The fourth-order valence-corrected chi connectivity index (χ4v) is 0. The zero-order chi connectivity index (χ0) is 0. The first-order chi connectivity index (χ1) is 0. The molecule has 0 unspecified atom stereocenters. The second-order valence-corrected chi connectivity index (χ2v) is 0. The first kappa shape index (κ1) is 37.1. The molecule has 0 amide bonds. The Hall–Kier alpha value is 3.80. The molecule has 0 fully saturated rings. The SMILES string of the molecule is [Co+2].[Fe+2].[O-2].[Sm+3].[Sr+2]. The molecular weight excluding hydrogens is 369 g/mol. The summed E-state index contributed by atoms with van der Waals surface area (Å²) in [5, 5.41) is 0. The van der Waals surface area contributed by atoms with Crippen LogP contribution in [0.2, 0.25) is 0 Å². The topological polar surface area (TPSA) is 28.5 Å². The van der Waals surface area contributed by atoms with Crippen LogP contribution in [-0.2, 0) is 39.3 Å². The molecule has 0 aromatic carbocycles. The maximum atomic E-state index is 0. The molecule has 5 heteroatoms. The van der Waals surface area contributed by atoms with Crippen LogP contribution in [0, 0.1) is 40.4 Å². The zero-order valence-electron chi connectivity index (χ0n) is 2.21. The van der Waals surface area contributed by atoms with Gasteiger partial charge in [0.2, 0.25) is 0 Å². The molecule has 0 aromatic heterocycles. The van der Waals surface area contributed by atoms with E-state index in [0.29, 0.717) is 0 Å². The normalized spacial score (nSPS) is 0. The Kier molecular flexibility index (Phi) is 185. The van der Waals surface area contributed by atoms with Gasteiger partial charge in [0.1, 0.15) is 0 Å². The third kappa shape index (κ3) is 18.2. The summed E-state index contributed by atoms with van der Waals surface area (Å²) < 4.78 is 0. The van der Waals surface area contributed by atoms with Crippen molar-refractivity contribution in [3.8, 4) is 0 Å². The Labute approximate surface area is 122 Å². The average molecular weight is 369 g/mol. The predicted molar refractivity (Wildman–Crippen MR) is 6.44 cm³/mol. The van der Waals surface area contributed by atoms with Crippen molar-refractivity contribution in [2.24, 2.45) is 0 Å². The average Bonchev–Trinajstić information content (AvgIpc) is 0. The summed E-state index contributed by atoms with van der Waals surface area (Å²) in [7, 11) is 0. The van der Waals surface area contributed by atoms with Crippen LogP contribution in [0.1, 0.15) is 0 Å². The van der Waals surface area contributed by atoms with Crippen molar-refractivity contribution in [1.29, 1.82) is 0 Å². The molecule has 5 heavy (non-hydrogen) atoms. The molecule has 0 heterocycles. The fourth-order valence-electron chi connectivity index (χ4n) is 0. The van der Waals surface area contributed by atoms with Crippen LogP contribution in [0.5, 0.6) is 0 Å². The van der Waals surface area contributed by atoms with E-state index in [2.05, 4.69) is 0 Å². The van der Waals surface area contributed by atoms with E-state index < -0.39 is 0 Å². The molecule has 0 saturated heterocycles. The molecule has 1 nitrogen and oxygen atoms in total. The summed E-state index contributed by atoms with van der Waals surface area (Å²) in [6.07, 6.45) is 0. The molecule has 0 aromatic rings. The van der Waals surface area contributed by atoms with E-state index in [0.717, 1.165) is 0 Å². The zero-order valence-corrected chi connectivity index (χ0v) is 10.5. The van der Waals surface area contributed by atoms with E-state index in [-0.39, 0.29) is 125 Å². The van der Waals surface area contributed by atoms with Crippen LogP contribution in [-0.4, -0.2) is 45.5 Å². The molecular formula is CoFeOSmSr+7. The van der Waals surface area contributed by atoms with Gasteiger partial charge in [0, 0.05) is 0 Å². The minimum atomic E-state index is 0. The van der Waals surface area contributed by atoms with Gasteiger partial charge in [-0.2, -0.15) is 0 Å². The Bertz CT molecular complexity index is 11.6. The second-order valence-electron chi connectivity index (χ2n) is 0. The largest absolute Gasteiger partial charge is 3.00 e. The molecule has 0 aliphatic carbocycles. The fraction of sp³-hybridized carbons (Fsp3) is 0. The van der Waals surface area contributed by atoms with Gasteiger partial charge in [0.15, 0.2) is 0 Å². The number of hydrogen-bond acceptors (Lipinski definition) is 0. The molecule has 0 N–H and O–H groups in total. The van der Waals surface area contributed by atoms with Gasteiger partial charge in [-0.25, -0.2) is 0 Å². The van der Waals surface area contributed by atoms with Crippen molar-refractivity contribution >= 4 is 45.5 Å². The summed E-state index contributed by atoms with van der Waals surface area (Å²) in [6.45, 7) is 0. The third-order valence-corrected chi connectivity index (χ3v) is 0. The summed E-state index contributed by atoms with van der Waals surface area (Å²) in [4.78, 5) is 0. The number of rotatable bonds is 0. The maximum Gasteiger partial charge on any atom is 3.00 e. The Morgan fingerprint density at radius 3 is 1.00 bits per heavy atom. The first-order valence-corrected chi connectivity index (χ1v) is 0. The van der Waals surface area contributed by atoms with Gasteiger partial charge in [-0.1, -0.05) is 0 Å². The van der Waals surface area contributed by atoms with Crippen molar-refractivity contribution in [2.75, 3.05) is 0 Å². The van der Waals surface area contributed by atoms with Crippen LogP contribution in [0.3, 0.4) is 0 Å². The van der Waals surface area contributed by atoms with Gasteiger partial charge < -0.3 is 5.48 Å². The van der Waals surface area contributed by atoms with E-state index >= 15 is 0 Å². The molecule has 0 aliphatic rings. The molecule has 0 bridgehead atoms. The van der Waals surface area contributed by atoms with Crippen molar-refractivity contribution < 1.29 is 79.7 Å². The van der Waals surface area contributed by atoms with Crippen LogP contribution in [0.4, 0.5) is 0 Å². The van der Waals surface area contributed by atoms with Gasteiger partial charge >= 0.3 is 120 Å². The first-order valence-electron chi connectivity index (χ1n) is 0. The third-order valence-electron chi connectivity index (χ3n) is 0.